The number of methoxy groups -OCH3 is 4. The Kier molecular flexibility index (Phi) is 6.31. The first kappa shape index (κ1) is 22.0. The smallest absolute Gasteiger partial charge is 0.281 e. The van der Waals surface area contributed by atoms with Gasteiger partial charge in [0, 0.05) is 17.2 Å². The topological polar surface area (TPSA) is 69.6 Å². The van der Waals surface area contributed by atoms with Crippen molar-refractivity contribution in [2.24, 2.45) is 5.10 Å². The number of hydrogen-bond donors (Lipinski definition) is 0. The molecule has 0 saturated heterocycles. The second-order valence-electron chi connectivity index (χ2n) is 7.14. The molecule has 3 aromatic rings. The zero-order valence-electron chi connectivity index (χ0n) is 18.9. The summed E-state index contributed by atoms with van der Waals surface area (Å²) in [6.45, 7) is 0. The molecule has 0 atom stereocenters. The molecule has 0 aliphatic carbocycles. The average molecular weight is 444 g/mol. The molecule has 4 rings (SSSR count). The summed E-state index contributed by atoms with van der Waals surface area (Å²) in [6.07, 6.45) is 1.76. The van der Waals surface area contributed by atoms with Crippen molar-refractivity contribution in [2.45, 2.75) is 0 Å². The van der Waals surface area contributed by atoms with Crippen LogP contribution >= 0.6 is 0 Å². The first-order valence-electron chi connectivity index (χ1n) is 10.2. The number of ether oxygens (including phenoxy) is 4. The normalized spacial score (nSPS) is 14.3. The molecule has 0 fully saturated rings. The molecule has 0 spiro atoms. The van der Waals surface area contributed by atoms with E-state index in [0.717, 1.165) is 11.3 Å². The van der Waals surface area contributed by atoms with E-state index >= 15 is 0 Å². The largest absolute Gasteiger partial charge is 0.497 e. The molecule has 0 radical (unpaired) electrons. The lowest BCUT2D eigenvalue weighted by Crippen LogP contribution is -2.21. The average Bonchev–Trinajstić information content (AvgIpc) is 3.20. The number of rotatable bonds is 7. The highest BCUT2D eigenvalue weighted by Gasteiger charge is 2.32. The van der Waals surface area contributed by atoms with Crippen molar-refractivity contribution in [3.8, 4) is 23.0 Å². The third-order valence-corrected chi connectivity index (χ3v) is 5.28. The molecule has 0 aromatic heterocycles. The number of para-hydroxylation sites is 1. The summed E-state index contributed by atoms with van der Waals surface area (Å²) >= 11 is 0. The lowest BCUT2D eigenvalue weighted by atomic mass is 9.99. The van der Waals surface area contributed by atoms with E-state index in [1.54, 1.807) is 46.6 Å². The van der Waals surface area contributed by atoms with E-state index in [0.29, 0.717) is 39.8 Å². The monoisotopic (exact) mass is 444 g/mol. The summed E-state index contributed by atoms with van der Waals surface area (Å²) in [5, 5.41) is 6.07. The Bertz CT molecular complexity index is 1220. The van der Waals surface area contributed by atoms with Crippen LogP contribution in [0.2, 0.25) is 0 Å². The zero-order chi connectivity index (χ0) is 23.4. The Hall–Kier alpha value is -4.26. The second kappa shape index (κ2) is 9.48. The Labute approximate surface area is 192 Å². The number of amides is 1. The highest BCUT2D eigenvalue weighted by atomic mass is 16.5. The van der Waals surface area contributed by atoms with Crippen LogP contribution in [0.4, 0.5) is 5.69 Å². The summed E-state index contributed by atoms with van der Waals surface area (Å²) < 4.78 is 21.6. The SMILES string of the molecule is COc1ccc(C2=NN(c3ccccc3)C(=O)/C2=C\c2cc(OC)c(OC)cc2OC)cc1. The van der Waals surface area contributed by atoms with Crippen LogP contribution in [0.1, 0.15) is 11.1 Å². The number of benzene rings is 3. The molecule has 33 heavy (non-hydrogen) atoms. The number of hydrazone groups is 1. The van der Waals surface area contributed by atoms with E-state index in [9.17, 15) is 4.79 Å². The number of anilines is 1. The lowest BCUT2D eigenvalue weighted by Gasteiger charge is -2.13. The maximum Gasteiger partial charge on any atom is 0.281 e. The fourth-order valence-electron chi connectivity index (χ4n) is 3.57. The van der Waals surface area contributed by atoms with Gasteiger partial charge in [0.25, 0.3) is 5.91 Å². The molecule has 168 valence electrons. The van der Waals surface area contributed by atoms with Crippen molar-refractivity contribution in [3.05, 3.63) is 83.4 Å². The van der Waals surface area contributed by atoms with Gasteiger partial charge in [-0.2, -0.15) is 10.1 Å². The van der Waals surface area contributed by atoms with Gasteiger partial charge in [-0.15, -0.1) is 0 Å². The minimum absolute atomic E-state index is 0.246. The Morgan fingerprint density at radius 2 is 1.39 bits per heavy atom. The van der Waals surface area contributed by atoms with Crippen LogP contribution in [-0.2, 0) is 4.79 Å². The van der Waals surface area contributed by atoms with E-state index in [-0.39, 0.29) is 5.91 Å². The van der Waals surface area contributed by atoms with E-state index in [4.69, 9.17) is 18.9 Å². The van der Waals surface area contributed by atoms with Gasteiger partial charge in [-0.25, -0.2) is 0 Å². The maximum absolute atomic E-state index is 13.5. The molecule has 7 heteroatoms. The predicted molar refractivity (Wildman–Crippen MR) is 128 cm³/mol. The Morgan fingerprint density at radius 1 is 0.758 bits per heavy atom. The maximum atomic E-state index is 13.5. The van der Waals surface area contributed by atoms with Gasteiger partial charge in [-0.05, 0) is 48.5 Å². The first-order chi connectivity index (χ1) is 16.1. The standard InChI is InChI=1S/C26H24N2O5/c1-30-20-12-10-17(11-13-20)25-21(26(29)28(27-25)19-8-6-5-7-9-19)14-18-15-23(32-3)24(33-4)16-22(18)31-2/h5-16H,1-4H3/b21-14-. The number of carbonyl (C=O) groups is 1. The van der Waals surface area contributed by atoms with E-state index < -0.39 is 0 Å². The molecule has 0 N–H and O–H groups in total. The van der Waals surface area contributed by atoms with Crippen LogP contribution in [0.5, 0.6) is 23.0 Å². The van der Waals surface area contributed by atoms with Gasteiger partial charge in [-0.3, -0.25) is 4.79 Å². The molecule has 0 saturated carbocycles. The van der Waals surface area contributed by atoms with Crippen molar-refractivity contribution in [1.82, 2.24) is 0 Å². The van der Waals surface area contributed by atoms with Gasteiger partial charge < -0.3 is 18.9 Å². The third-order valence-electron chi connectivity index (χ3n) is 5.28. The summed E-state index contributed by atoms with van der Waals surface area (Å²) in [5.74, 6) is 2.07. The van der Waals surface area contributed by atoms with Gasteiger partial charge in [-0.1, -0.05) is 18.2 Å². The summed E-state index contributed by atoms with van der Waals surface area (Å²) in [4.78, 5) is 13.5. The second-order valence-corrected chi connectivity index (χ2v) is 7.14. The molecular weight excluding hydrogens is 420 g/mol. The van der Waals surface area contributed by atoms with E-state index in [2.05, 4.69) is 5.10 Å². The van der Waals surface area contributed by atoms with Gasteiger partial charge in [0.2, 0.25) is 0 Å². The quantitative estimate of drug-likeness (QED) is 0.500. The van der Waals surface area contributed by atoms with Crippen molar-refractivity contribution < 1.29 is 23.7 Å². The van der Waals surface area contributed by atoms with Crippen LogP contribution < -0.4 is 24.0 Å². The van der Waals surface area contributed by atoms with Crippen LogP contribution in [0.25, 0.3) is 6.08 Å². The first-order valence-corrected chi connectivity index (χ1v) is 10.2. The fourth-order valence-corrected chi connectivity index (χ4v) is 3.57. The van der Waals surface area contributed by atoms with Crippen molar-refractivity contribution >= 4 is 23.4 Å². The van der Waals surface area contributed by atoms with Crippen molar-refractivity contribution in [2.75, 3.05) is 33.4 Å². The summed E-state index contributed by atoms with van der Waals surface area (Å²) in [6, 6.07) is 20.2. The number of hydrogen-bond acceptors (Lipinski definition) is 6. The fraction of sp³-hybridized carbons (Fsp3) is 0.154. The minimum atomic E-state index is -0.246. The van der Waals surface area contributed by atoms with Crippen LogP contribution in [0, 0.1) is 0 Å². The molecule has 3 aromatic carbocycles. The van der Waals surface area contributed by atoms with Crippen LogP contribution in [-0.4, -0.2) is 40.1 Å². The highest BCUT2D eigenvalue weighted by molar-refractivity contribution is 6.37. The number of carbonyl (C=O) groups excluding carboxylic acids is 1. The molecular formula is C26H24N2O5. The molecule has 1 aliphatic heterocycles. The zero-order valence-corrected chi connectivity index (χ0v) is 18.9. The van der Waals surface area contributed by atoms with Gasteiger partial charge in [0.05, 0.1) is 39.7 Å². The summed E-state index contributed by atoms with van der Waals surface area (Å²) in [5.41, 5.74) is 3.09. The minimum Gasteiger partial charge on any atom is -0.497 e. The van der Waals surface area contributed by atoms with Gasteiger partial charge >= 0.3 is 0 Å². The third kappa shape index (κ3) is 4.25. The molecule has 1 heterocycles. The van der Waals surface area contributed by atoms with Gasteiger partial charge in [0.15, 0.2) is 11.5 Å². The summed E-state index contributed by atoms with van der Waals surface area (Å²) in [7, 11) is 6.29. The van der Waals surface area contributed by atoms with Crippen LogP contribution in [0.3, 0.4) is 0 Å². The van der Waals surface area contributed by atoms with E-state index in [1.807, 2.05) is 54.6 Å². The molecule has 0 bridgehead atoms. The van der Waals surface area contributed by atoms with Crippen molar-refractivity contribution in [3.63, 3.8) is 0 Å². The molecule has 1 amide bonds. The predicted octanol–water partition coefficient (Wildman–Crippen LogP) is 4.56. The van der Waals surface area contributed by atoms with Gasteiger partial charge in [0.1, 0.15) is 17.2 Å². The molecule has 0 unspecified atom stereocenters. The van der Waals surface area contributed by atoms with Crippen molar-refractivity contribution in [1.29, 1.82) is 0 Å². The molecule has 7 nitrogen and oxygen atoms in total. The molecule has 1 aliphatic rings. The van der Waals surface area contributed by atoms with E-state index in [1.165, 1.54) is 5.01 Å². The lowest BCUT2D eigenvalue weighted by molar-refractivity contribution is -0.114. The van der Waals surface area contributed by atoms with Crippen LogP contribution in [0.15, 0.2) is 77.4 Å². The Morgan fingerprint density at radius 3 is 2.00 bits per heavy atom. The Balaban J connectivity index is 1.86. The number of nitrogens with zero attached hydrogens (tertiary/aromatic N) is 2. The highest BCUT2D eigenvalue weighted by Crippen LogP contribution is 2.37.